The molecule has 0 aliphatic heterocycles. The van der Waals surface area contributed by atoms with Gasteiger partial charge in [-0.1, -0.05) is 18.2 Å². The normalized spacial score (nSPS) is 10.3. The van der Waals surface area contributed by atoms with E-state index in [4.69, 9.17) is 10.5 Å². The number of benzene rings is 1. The Morgan fingerprint density at radius 2 is 1.94 bits per heavy atom. The van der Waals surface area contributed by atoms with Crippen LogP contribution in [0.25, 0.3) is 0 Å². The van der Waals surface area contributed by atoms with Gasteiger partial charge in [-0.2, -0.15) is 0 Å². The van der Waals surface area contributed by atoms with Crippen molar-refractivity contribution >= 4 is 17.3 Å². The van der Waals surface area contributed by atoms with Crippen LogP contribution in [0.1, 0.15) is 5.56 Å². The molecule has 0 aliphatic rings. The van der Waals surface area contributed by atoms with Crippen LogP contribution in [0.5, 0.6) is 0 Å². The van der Waals surface area contributed by atoms with Crippen molar-refractivity contribution in [3.8, 4) is 0 Å². The molecule has 2 aromatic rings. The van der Waals surface area contributed by atoms with Crippen LogP contribution in [0.3, 0.4) is 0 Å². The first kappa shape index (κ1) is 12.3. The zero-order valence-corrected chi connectivity index (χ0v) is 10.3. The summed E-state index contributed by atoms with van der Waals surface area (Å²) in [6.45, 7) is 0.682. The number of rotatable bonds is 5. The Hall–Kier alpha value is -2.14. The van der Waals surface area contributed by atoms with Gasteiger partial charge in [0.15, 0.2) is 0 Å². The molecule has 0 radical (unpaired) electrons. The van der Waals surface area contributed by atoms with Crippen LogP contribution in [-0.4, -0.2) is 23.7 Å². The predicted octanol–water partition coefficient (Wildman–Crippen LogP) is 1.99. The Bertz CT molecular complexity index is 499. The van der Waals surface area contributed by atoms with E-state index in [0.29, 0.717) is 18.2 Å². The van der Waals surface area contributed by atoms with Crippen molar-refractivity contribution in [2.45, 2.75) is 6.42 Å². The Morgan fingerprint density at radius 1 is 1.22 bits per heavy atom. The van der Waals surface area contributed by atoms with Gasteiger partial charge in [-0.3, -0.25) is 0 Å². The lowest BCUT2D eigenvalue weighted by atomic mass is 10.1. The fourth-order valence-electron chi connectivity index (χ4n) is 1.60. The summed E-state index contributed by atoms with van der Waals surface area (Å²) in [5, 5.41) is 3.18. The predicted molar refractivity (Wildman–Crippen MR) is 71.7 cm³/mol. The number of anilines is 3. The topological polar surface area (TPSA) is 73.1 Å². The lowest BCUT2D eigenvalue weighted by Gasteiger charge is -2.10. The van der Waals surface area contributed by atoms with E-state index >= 15 is 0 Å². The van der Waals surface area contributed by atoms with Gasteiger partial charge in [0.1, 0.15) is 0 Å². The van der Waals surface area contributed by atoms with Crippen LogP contribution in [0, 0.1) is 0 Å². The molecule has 5 nitrogen and oxygen atoms in total. The number of nitrogens with one attached hydrogen (secondary N) is 1. The first-order chi connectivity index (χ1) is 8.79. The van der Waals surface area contributed by atoms with Gasteiger partial charge < -0.3 is 15.8 Å². The third-order valence-corrected chi connectivity index (χ3v) is 2.51. The summed E-state index contributed by atoms with van der Waals surface area (Å²) in [5.74, 6) is 0.536. The molecule has 0 atom stereocenters. The average Bonchev–Trinajstić information content (AvgIpc) is 2.40. The molecule has 94 valence electrons. The molecule has 1 aromatic carbocycles. The molecule has 1 aromatic heterocycles. The van der Waals surface area contributed by atoms with E-state index in [1.54, 1.807) is 19.5 Å². The van der Waals surface area contributed by atoms with Gasteiger partial charge in [0, 0.05) is 12.8 Å². The van der Waals surface area contributed by atoms with Crippen LogP contribution in [0.2, 0.25) is 0 Å². The Labute approximate surface area is 106 Å². The van der Waals surface area contributed by atoms with Crippen molar-refractivity contribution in [1.29, 1.82) is 0 Å². The third-order valence-electron chi connectivity index (χ3n) is 2.51. The number of nitrogens with two attached hydrogens (primary N) is 1. The van der Waals surface area contributed by atoms with E-state index in [1.807, 2.05) is 18.2 Å². The molecule has 0 fully saturated rings. The second-order valence-electron chi connectivity index (χ2n) is 3.86. The summed E-state index contributed by atoms with van der Waals surface area (Å²) in [6.07, 6.45) is 3.99. The first-order valence-electron chi connectivity index (χ1n) is 5.71. The molecule has 0 aliphatic carbocycles. The van der Waals surface area contributed by atoms with Crippen molar-refractivity contribution in [3.63, 3.8) is 0 Å². The van der Waals surface area contributed by atoms with Crippen molar-refractivity contribution in [1.82, 2.24) is 9.97 Å². The highest BCUT2D eigenvalue weighted by Crippen LogP contribution is 2.19. The van der Waals surface area contributed by atoms with E-state index < -0.39 is 0 Å². The molecular formula is C13H16N4O. The lowest BCUT2D eigenvalue weighted by molar-refractivity contribution is 0.202. The summed E-state index contributed by atoms with van der Waals surface area (Å²) in [6, 6.07) is 8.01. The molecule has 5 heteroatoms. The highest BCUT2D eigenvalue weighted by Gasteiger charge is 2.03. The fraction of sp³-hybridized carbons (Fsp3) is 0.231. The summed E-state index contributed by atoms with van der Waals surface area (Å²) in [4.78, 5) is 8.23. The smallest absolute Gasteiger partial charge is 0.227 e. The molecule has 0 unspecified atom stereocenters. The number of para-hydroxylation sites is 1. The van der Waals surface area contributed by atoms with E-state index in [0.717, 1.165) is 12.1 Å². The third kappa shape index (κ3) is 3.18. The second kappa shape index (κ2) is 5.97. The summed E-state index contributed by atoms with van der Waals surface area (Å²) in [7, 11) is 1.69. The number of hydrogen-bond donors (Lipinski definition) is 2. The molecule has 1 heterocycles. The van der Waals surface area contributed by atoms with Gasteiger partial charge in [0.2, 0.25) is 5.95 Å². The molecule has 0 spiro atoms. The van der Waals surface area contributed by atoms with Crippen LogP contribution >= 0.6 is 0 Å². The van der Waals surface area contributed by atoms with Gasteiger partial charge in [-0.25, -0.2) is 9.97 Å². The largest absolute Gasteiger partial charge is 0.396 e. The fourth-order valence-corrected chi connectivity index (χ4v) is 1.60. The van der Waals surface area contributed by atoms with Gasteiger partial charge in [0.05, 0.1) is 24.7 Å². The molecule has 18 heavy (non-hydrogen) atoms. The molecule has 0 saturated carbocycles. The van der Waals surface area contributed by atoms with E-state index in [-0.39, 0.29) is 0 Å². The first-order valence-corrected chi connectivity index (χ1v) is 5.71. The number of nitrogens with zero attached hydrogens (tertiary/aromatic N) is 2. The zero-order chi connectivity index (χ0) is 12.8. The average molecular weight is 244 g/mol. The van der Waals surface area contributed by atoms with Crippen molar-refractivity contribution in [2.75, 3.05) is 24.8 Å². The maximum Gasteiger partial charge on any atom is 0.227 e. The number of nitrogen functional groups attached to an aromatic ring is 1. The SMILES string of the molecule is COCCc1ccccc1Nc1ncc(N)cn1. The van der Waals surface area contributed by atoms with Gasteiger partial charge in [-0.05, 0) is 18.1 Å². The molecule has 0 saturated heterocycles. The zero-order valence-electron chi connectivity index (χ0n) is 10.3. The Kier molecular flexibility index (Phi) is 4.09. The van der Waals surface area contributed by atoms with Crippen LogP contribution in [0.4, 0.5) is 17.3 Å². The van der Waals surface area contributed by atoms with Crippen molar-refractivity contribution in [3.05, 3.63) is 42.2 Å². The number of ether oxygens (including phenoxy) is 1. The molecule has 0 bridgehead atoms. The van der Waals surface area contributed by atoms with Gasteiger partial charge >= 0.3 is 0 Å². The van der Waals surface area contributed by atoms with E-state index in [2.05, 4.69) is 21.4 Å². The number of hydrogen-bond acceptors (Lipinski definition) is 5. The monoisotopic (exact) mass is 244 g/mol. The standard InChI is InChI=1S/C13H16N4O/c1-18-7-6-10-4-2-3-5-12(10)17-13-15-8-11(14)9-16-13/h2-5,8-9H,6-7,14H2,1H3,(H,15,16,17). The molecule has 2 rings (SSSR count). The maximum absolute atomic E-state index is 5.55. The summed E-state index contributed by atoms with van der Waals surface area (Å²) >= 11 is 0. The molecular weight excluding hydrogens is 228 g/mol. The minimum Gasteiger partial charge on any atom is -0.396 e. The van der Waals surface area contributed by atoms with Crippen LogP contribution in [-0.2, 0) is 11.2 Å². The van der Waals surface area contributed by atoms with E-state index in [1.165, 1.54) is 5.56 Å². The number of methoxy groups -OCH3 is 1. The van der Waals surface area contributed by atoms with Crippen molar-refractivity contribution in [2.24, 2.45) is 0 Å². The lowest BCUT2D eigenvalue weighted by Crippen LogP contribution is -2.02. The number of aromatic nitrogens is 2. The van der Waals surface area contributed by atoms with Crippen LogP contribution in [0.15, 0.2) is 36.7 Å². The molecule has 3 N–H and O–H groups in total. The minimum absolute atomic E-state index is 0.536. The van der Waals surface area contributed by atoms with Crippen LogP contribution < -0.4 is 11.1 Å². The second-order valence-corrected chi connectivity index (χ2v) is 3.86. The summed E-state index contributed by atoms with van der Waals surface area (Å²) < 4.78 is 5.09. The minimum atomic E-state index is 0.536. The highest BCUT2D eigenvalue weighted by atomic mass is 16.5. The highest BCUT2D eigenvalue weighted by molar-refractivity contribution is 5.58. The Morgan fingerprint density at radius 3 is 2.67 bits per heavy atom. The van der Waals surface area contributed by atoms with E-state index in [9.17, 15) is 0 Å². The van der Waals surface area contributed by atoms with Gasteiger partial charge in [-0.15, -0.1) is 0 Å². The Balaban J connectivity index is 2.15. The van der Waals surface area contributed by atoms with Crippen molar-refractivity contribution < 1.29 is 4.74 Å². The maximum atomic E-state index is 5.55. The summed E-state index contributed by atoms with van der Waals surface area (Å²) in [5.41, 5.74) is 8.25. The quantitative estimate of drug-likeness (QED) is 0.841. The van der Waals surface area contributed by atoms with Gasteiger partial charge in [0.25, 0.3) is 0 Å². The molecule has 0 amide bonds.